The Bertz CT molecular complexity index is 1870. The van der Waals surface area contributed by atoms with Gasteiger partial charge in [0.05, 0.1) is 23.6 Å². The first-order valence-electron chi connectivity index (χ1n) is 13.3. The average molecular weight is 558 g/mol. The zero-order valence-electron chi connectivity index (χ0n) is 22.7. The molecular formula is C29H31N7O3S. The molecule has 0 spiro atoms. The lowest BCUT2D eigenvalue weighted by Gasteiger charge is -2.32. The van der Waals surface area contributed by atoms with Crippen LogP contribution in [-0.4, -0.2) is 55.2 Å². The van der Waals surface area contributed by atoms with Crippen molar-refractivity contribution in [2.75, 3.05) is 13.1 Å². The molecule has 0 radical (unpaired) electrons. The van der Waals surface area contributed by atoms with E-state index in [9.17, 15) is 13.2 Å². The monoisotopic (exact) mass is 557 g/mol. The lowest BCUT2D eigenvalue weighted by atomic mass is 9.72. The van der Waals surface area contributed by atoms with Gasteiger partial charge in [-0.15, -0.1) is 5.10 Å². The summed E-state index contributed by atoms with van der Waals surface area (Å²) in [5.41, 5.74) is 4.67. The van der Waals surface area contributed by atoms with Crippen molar-refractivity contribution < 1.29 is 8.42 Å². The Balaban J connectivity index is 1.47. The molecule has 40 heavy (non-hydrogen) atoms. The number of rotatable bonds is 7. The fourth-order valence-corrected chi connectivity index (χ4v) is 7.29. The van der Waals surface area contributed by atoms with Crippen molar-refractivity contribution in [1.29, 1.82) is 0 Å². The number of hydrogen-bond donors (Lipinski definition) is 0. The van der Waals surface area contributed by atoms with Crippen molar-refractivity contribution in [2.24, 2.45) is 14.1 Å². The van der Waals surface area contributed by atoms with Gasteiger partial charge in [-0.2, -0.15) is 19.3 Å². The lowest BCUT2D eigenvalue weighted by molar-refractivity contribution is 0.411. The highest BCUT2D eigenvalue weighted by molar-refractivity contribution is 7.89. The Morgan fingerprint density at radius 3 is 2.50 bits per heavy atom. The number of aromatic nitrogens is 6. The van der Waals surface area contributed by atoms with Crippen molar-refractivity contribution in [3.63, 3.8) is 0 Å². The fraction of sp³-hybridized carbons (Fsp3) is 0.310. The number of fused-ring (bicyclic) bond motifs is 1. The molecule has 4 heterocycles. The molecule has 0 saturated carbocycles. The molecule has 1 saturated heterocycles. The second-order valence-electron chi connectivity index (χ2n) is 10.5. The van der Waals surface area contributed by atoms with Crippen LogP contribution in [0.1, 0.15) is 30.0 Å². The third-order valence-electron chi connectivity index (χ3n) is 7.95. The maximum Gasteiger partial charge on any atom is 0.264 e. The van der Waals surface area contributed by atoms with Crippen LogP contribution in [0.3, 0.4) is 0 Å². The third-order valence-corrected chi connectivity index (χ3v) is 9.65. The molecule has 1 aliphatic heterocycles. The number of aryl methyl sites for hydroxylation is 3. The van der Waals surface area contributed by atoms with E-state index < -0.39 is 15.4 Å². The van der Waals surface area contributed by atoms with Crippen molar-refractivity contribution in [3.05, 3.63) is 100 Å². The predicted octanol–water partition coefficient (Wildman–Crippen LogP) is 2.99. The molecule has 3 aromatic heterocycles. The van der Waals surface area contributed by atoms with Crippen LogP contribution in [0, 0.1) is 0 Å². The van der Waals surface area contributed by atoms with E-state index in [2.05, 4.69) is 46.5 Å². The largest absolute Gasteiger partial charge is 0.316 e. The molecular weight excluding hydrogens is 526 g/mol. The highest BCUT2D eigenvalue weighted by Gasteiger charge is 2.46. The summed E-state index contributed by atoms with van der Waals surface area (Å²) < 4.78 is 32.1. The van der Waals surface area contributed by atoms with Crippen LogP contribution >= 0.6 is 0 Å². The second-order valence-corrected chi connectivity index (χ2v) is 12.4. The molecule has 2 aromatic carbocycles. The Morgan fingerprint density at radius 2 is 1.80 bits per heavy atom. The molecule has 5 aromatic rings. The van der Waals surface area contributed by atoms with Crippen LogP contribution in [0.25, 0.3) is 16.6 Å². The Morgan fingerprint density at radius 1 is 1.00 bits per heavy atom. The van der Waals surface area contributed by atoms with Gasteiger partial charge in [0, 0.05) is 50.2 Å². The first-order chi connectivity index (χ1) is 19.2. The number of pyridine rings is 1. The van der Waals surface area contributed by atoms with Crippen LogP contribution in [0.2, 0.25) is 0 Å². The summed E-state index contributed by atoms with van der Waals surface area (Å²) in [7, 11) is -0.461. The van der Waals surface area contributed by atoms with Gasteiger partial charge in [-0.25, -0.2) is 13.1 Å². The predicted molar refractivity (Wildman–Crippen MR) is 152 cm³/mol. The molecule has 10 nitrogen and oxygen atoms in total. The Hall–Kier alpha value is -4.09. The minimum absolute atomic E-state index is 0.0322. The summed E-state index contributed by atoms with van der Waals surface area (Å²) in [6.07, 6.45) is 7.07. The van der Waals surface area contributed by atoms with E-state index in [1.165, 1.54) is 21.6 Å². The van der Waals surface area contributed by atoms with Crippen molar-refractivity contribution in [1.82, 2.24) is 33.6 Å². The molecule has 0 amide bonds. The van der Waals surface area contributed by atoms with Crippen LogP contribution in [0.4, 0.5) is 0 Å². The van der Waals surface area contributed by atoms with Gasteiger partial charge in [0.1, 0.15) is 0 Å². The Labute approximate surface area is 232 Å². The molecule has 6 rings (SSSR count). The molecule has 1 aliphatic rings. The third kappa shape index (κ3) is 4.44. The smallest absolute Gasteiger partial charge is 0.264 e. The molecule has 1 fully saturated rings. The number of benzene rings is 2. The normalized spacial score (nSPS) is 18.1. The van der Waals surface area contributed by atoms with E-state index in [1.54, 1.807) is 30.7 Å². The van der Waals surface area contributed by atoms with Gasteiger partial charge in [0.15, 0.2) is 0 Å². The summed E-state index contributed by atoms with van der Waals surface area (Å²) >= 11 is 0. The van der Waals surface area contributed by atoms with E-state index in [0.29, 0.717) is 25.9 Å². The van der Waals surface area contributed by atoms with Crippen LogP contribution < -0.4 is 5.56 Å². The zero-order chi connectivity index (χ0) is 28.1. The average Bonchev–Trinajstić information content (AvgIpc) is 3.69. The van der Waals surface area contributed by atoms with Crippen molar-refractivity contribution >= 4 is 20.9 Å². The van der Waals surface area contributed by atoms with E-state index in [4.69, 9.17) is 0 Å². The quantitative estimate of drug-likeness (QED) is 0.305. The van der Waals surface area contributed by atoms with Crippen LogP contribution in [0.15, 0.2) is 83.0 Å². The van der Waals surface area contributed by atoms with Gasteiger partial charge in [-0.05, 0) is 54.2 Å². The molecule has 11 heteroatoms. The van der Waals surface area contributed by atoms with Gasteiger partial charge in [-0.1, -0.05) is 37.3 Å². The van der Waals surface area contributed by atoms with Crippen LogP contribution in [0.5, 0.6) is 0 Å². The zero-order valence-corrected chi connectivity index (χ0v) is 23.5. The summed E-state index contributed by atoms with van der Waals surface area (Å²) in [5.74, 6) is 0. The van der Waals surface area contributed by atoms with E-state index >= 15 is 0 Å². The fourth-order valence-electron chi connectivity index (χ4n) is 5.88. The Kier molecular flexibility index (Phi) is 6.42. The lowest BCUT2D eigenvalue weighted by Crippen LogP contribution is -2.37. The van der Waals surface area contributed by atoms with Gasteiger partial charge < -0.3 is 4.57 Å². The summed E-state index contributed by atoms with van der Waals surface area (Å²) in [6.45, 7) is 2.86. The van der Waals surface area contributed by atoms with E-state index in [0.717, 1.165) is 39.7 Å². The summed E-state index contributed by atoms with van der Waals surface area (Å²) in [4.78, 5) is 13.2. The van der Waals surface area contributed by atoms with Crippen LogP contribution in [-0.2, 0) is 42.4 Å². The van der Waals surface area contributed by atoms with Crippen molar-refractivity contribution in [2.45, 2.75) is 36.6 Å². The highest BCUT2D eigenvalue weighted by atomic mass is 32.2. The summed E-state index contributed by atoms with van der Waals surface area (Å²) in [6, 6.07) is 17.9. The van der Waals surface area contributed by atoms with Gasteiger partial charge in [0.2, 0.25) is 10.6 Å². The molecule has 1 unspecified atom stereocenters. The first-order valence-corrected chi connectivity index (χ1v) is 14.7. The first kappa shape index (κ1) is 26.1. The highest BCUT2D eigenvalue weighted by Crippen LogP contribution is 2.43. The van der Waals surface area contributed by atoms with Gasteiger partial charge >= 0.3 is 0 Å². The number of hydrogen-bond acceptors (Lipinski definition) is 6. The SMILES string of the molecule is CCc1cc2c(cnn2-c2ccc(=O)n(C)c2)cc1C1(Cc2ccccc2)CCN(S(=O)(=O)c2cnn(C)n2)C1. The molecule has 0 aliphatic carbocycles. The molecule has 0 bridgehead atoms. The standard InChI is InChI=1S/C29H31N7O3S/c1-4-22-15-26-23(17-31-36(26)24-10-11-28(37)33(2)19-24)14-25(22)29(16-21-8-6-5-7-9-21)12-13-35(20-29)40(38,39)27-18-30-34(3)32-27/h5-11,14-15,17-19H,4,12-13,16,20H2,1-3H3. The van der Waals surface area contributed by atoms with Crippen molar-refractivity contribution in [3.8, 4) is 5.69 Å². The maximum absolute atomic E-state index is 13.6. The van der Waals surface area contributed by atoms with Gasteiger partial charge in [0.25, 0.3) is 10.0 Å². The molecule has 206 valence electrons. The number of sulfonamides is 1. The topological polar surface area (TPSA) is 108 Å². The minimum Gasteiger partial charge on any atom is -0.316 e. The van der Waals surface area contributed by atoms with E-state index in [1.807, 2.05) is 29.1 Å². The summed E-state index contributed by atoms with van der Waals surface area (Å²) in [5, 5.41) is 13.7. The molecule has 0 N–H and O–H groups in total. The number of nitrogens with zero attached hydrogens (tertiary/aromatic N) is 7. The van der Waals surface area contributed by atoms with E-state index in [-0.39, 0.29) is 10.6 Å². The van der Waals surface area contributed by atoms with Gasteiger partial charge in [-0.3, -0.25) is 4.79 Å². The molecule has 1 atom stereocenters. The minimum atomic E-state index is -3.80. The second kappa shape index (κ2) is 9.83. The maximum atomic E-state index is 13.6.